The highest BCUT2D eigenvalue weighted by molar-refractivity contribution is 6.83. The van der Waals surface area contributed by atoms with Crippen molar-refractivity contribution in [1.29, 1.82) is 0 Å². The second kappa shape index (κ2) is 13.8. The molecule has 0 aliphatic heterocycles. The lowest BCUT2D eigenvalue weighted by atomic mass is 9.88. The van der Waals surface area contributed by atoms with E-state index in [1.54, 1.807) is 0 Å². The van der Waals surface area contributed by atoms with E-state index < -0.39 is 94.6 Å². The van der Waals surface area contributed by atoms with Crippen LogP contribution in [0.4, 0.5) is 74.6 Å². The average molecular weight is 734 g/mol. The Labute approximate surface area is 245 Å². The Morgan fingerprint density at radius 1 is 0.372 bits per heavy atom. The molecule has 0 unspecified atom stereocenters. The summed E-state index contributed by atoms with van der Waals surface area (Å²) in [6.45, 7) is 11.2. The minimum Gasteiger partial charge on any atom is -0.200 e. The molecule has 0 aliphatic carbocycles. The number of rotatable bonds is 18. The number of hydrogen-bond donors (Lipinski definition) is 0. The molecule has 0 spiro atoms. The SMILES string of the molecule is C[Si](C)CC[Si](CC[Si](C)C)(CC[Si](C)C)CCC(F)(F)C(F)(F)C(F)(F)C(F)(F)C(F)(F)C(F)(F)C(F)(F)C(F)(F)F. The van der Waals surface area contributed by atoms with E-state index in [9.17, 15) is 74.6 Å². The summed E-state index contributed by atoms with van der Waals surface area (Å²) in [5.41, 5.74) is 0. The van der Waals surface area contributed by atoms with Crippen LogP contribution in [0.5, 0.6) is 0 Å². The predicted octanol–water partition coefficient (Wildman–Crippen LogP) is 11.1. The molecule has 0 N–H and O–H groups in total. The summed E-state index contributed by atoms with van der Waals surface area (Å²) in [7, 11) is -6.11. The first kappa shape index (κ1) is 42.7. The standard InChI is InChI=1S/C22H34F17Si4/c1-40(2)8-12-43(13-9-41(3)4,14-10-42(5)6)11-7-15(23,24)16(25,26)17(27,28)18(29,30)19(31,32)20(33,34)21(35,36)22(37,38)39/h7-14H2,1-6H3. The van der Waals surface area contributed by atoms with Crippen LogP contribution in [0.15, 0.2) is 0 Å². The lowest BCUT2D eigenvalue weighted by Crippen LogP contribution is -2.74. The molecule has 0 aromatic heterocycles. The molecule has 0 nitrogen and oxygen atoms in total. The molecular formula is C22H34F17Si4. The van der Waals surface area contributed by atoms with Crippen molar-refractivity contribution in [2.45, 2.75) is 136 Å². The highest BCUT2D eigenvalue weighted by Crippen LogP contribution is 2.64. The van der Waals surface area contributed by atoms with Gasteiger partial charge in [0.2, 0.25) is 0 Å². The summed E-state index contributed by atoms with van der Waals surface area (Å²) in [5.74, 6) is -55.8. The molecule has 0 fully saturated rings. The van der Waals surface area contributed by atoms with Crippen LogP contribution < -0.4 is 0 Å². The van der Waals surface area contributed by atoms with E-state index in [1.807, 2.05) is 39.3 Å². The smallest absolute Gasteiger partial charge is 0.200 e. The Morgan fingerprint density at radius 3 is 0.884 bits per heavy atom. The number of alkyl halides is 17. The summed E-state index contributed by atoms with van der Waals surface area (Å²) in [6, 6.07) is 1.55. The van der Waals surface area contributed by atoms with Gasteiger partial charge in [-0.05, 0) is 0 Å². The van der Waals surface area contributed by atoms with E-state index in [4.69, 9.17) is 0 Å². The van der Waals surface area contributed by atoms with Crippen molar-refractivity contribution >= 4 is 34.5 Å². The fraction of sp³-hybridized carbons (Fsp3) is 1.00. The van der Waals surface area contributed by atoms with Gasteiger partial charge < -0.3 is 0 Å². The molecule has 43 heavy (non-hydrogen) atoms. The molecule has 0 saturated heterocycles. The van der Waals surface area contributed by atoms with Crippen molar-refractivity contribution in [2.24, 2.45) is 0 Å². The highest BCUT2D eigenvalue weighted by atomic mass is 28.3. The lowest BCUT2D eigenvalue weighted by Gasteiger charge is -2.43. The zero-order valence-electron chi connectivity index (χ0n) is 24.1. The molecule has 257 valence electrons. The fourth-order valence-corrected chi connectivity index (χ4v) is 18.8. The zero-order valence-corrected chi connectivity index (χ0v) is 28.1. The quantitative estimate of drug-likeness (QED) is 0.0972. The molecule has 0 saturated carbocycles. The third kappa shape index (κ3) is 8.54. The van der Waals surface area contributed by atoms with Gasteiger partial charge in [-0.2, -0.15) is 74.6 Å². The van der Waals surface area contributed by atoms with Gasteiger partial charge in [0.1, 0.15) is 0 Å². The number of hydrogen-bond acceptors (Lipinski definition) is 0. The van der Waals surface area contributed by atoms with Gasteiger partial charge in [-0.3, -0.25) is 0 Å². The Kier molecular flexibility index (Phi) is 13.7. The van der Waals surface area contributed by atoms with E-state index in [0.717, 1.165) is 0 Å². The van der Waals surface area contributed by atoms with Crippen LogP contribution in [0.3, 0.4) is 0 Å². The van der Waals surface area contributed by atoms with Crippen LogP contribution in [-0.2, 0) is 0 Å². The molecule has 0 bridgehead atoms. The second-order valence-electron chi connectivity index (χ2n) is 11.8. The van der Waals surface area contributed by atoms with E-state index in [0.29, 0.717) is 36.3 Å². The summed E-state index contributed by atoms with van der Waals surface area (Å²) in [6.07, 6.45) is -10.0. The molecule has 0 atom stereocenters. The minimum atomic E-state index is -8.58. The Bertz CT molecular complexity index is 854. The predicted molar refractivity (Wildman–Crippen MR) is 137 cm³/mol. The van der Waals surface area contributed by atoms with Crippen LogP contribution in [0.1, 0.15) is 6.42 Å². The molecule has 0 rings (SSSR count). The van der Waals surface area contributed by atoms with Crippen molar-refractivity contribution in [3.63, 3.8) is 0 Å². The van der Waals surface area contributed by atoms with E-state index in [2.05, 4.69) is 0 Å². The topological polar surface area (TPSA) is 0 Å². The van der Waals surface area contributed by atoms with Crippen molar-refractivity contribution in [2.75, 3.05) is 0 Å². The van der Waals surface area contributed by atoms with Crippen molar-refractivity contribution in [3.8, 4) is 0 Å². The Morgan fingerprint density at radius 2 is 0.628 bits per heavy atom. The maximum Gasteiger partial charge on any atom is 0.460 e. The molecule has 0 aliphatic rings. The van der Waals surface area contributed by atoms with Crippen molar-refractivity contribution < 1.29 is 74.6 Å². The van der Waals surface area contributed by atoms with Gasteiger partial charge in [0.05, 0.1) is 8.07 Å². The average Bonchev–Trinajstić information content (AvgIpc) is 2.81. The zero-order chi connectivity index (χ0) is 34.9. The van der Waals surface area contributed by atoms with Gasteiger partial charge in [0.15, 0.2) is 0 Å². The molecule has 0 heterocycles. The highest BCUT2D eigenvalue weighted by Gasteiger charge is 2.95. The first-order chi connectivity index (χ1) is 18.7. The Hall–Kier alpha value is -0.322. The number of halogens is 17. The fourth-order valence-electron chi connectivity index (χ4n) is 4.07. The first-order valence-electron chi connectivity index (χ1n) is 12.8. The first-order valence-corrected chi connectivity index (χ1v) is 23.7. The molecule has 0 aromatic rings. The maximum absolute atomic E-state index is 14.8. The second-order valence-corrected chi connectivity index (χ2v) is 25.5. The van der Waals surface area contributed by atoms with Gasteiger partial charge in [-0.25, -0.2) is 0 Å². The van der Waals surface area contributed by atoms with E-state index >= 15 is 0 Å². The van der Waals surface area contributed by atoms with Crippen molar-refractivity contribution in [3.05, 3.63) is 0 Å². The molecular weight excluding hydrogens is 700 g/mol. The third-order valence-electron chi connectivity index (χ3n) is 7.22. The van der Waals surface area contributed by atoms with Crippen LogP contribution in [0, 0.1) is 0 Å². The molecule has 3 radical (unpaired) electrons. The third-order valence-corrected chi connectivity index (χ3v) is 17.7. The van der Waals surface area contributed by atoms with Gasteiger partial charge in [-0.15, -0.1) is 0 Å². The van der Waals surface area contributed by atoms with Gasteiger partial charge in [0.25, 0.3) is 0 Å². The van der Waals surface area contributed by atoms with Gasteiger partial charge in [0, 0.05) is 32.8 Å². The lowest BCUT2D eigenvalue weighted by molar-refractivity contribution is -0.461. The Balaban J connectivity index is 6.72. The van der Waals surface area contributed by atoms with E-state index in [-0.39, 0.29) is 0 Å². The minimum absolute atomic E-state index is 0.295. The summed E-state index contributed by atoms with van der Waals surface area (Å²) < 4.78 is 233. The van der Waals surface area contributed by atoms with Gasteiger partial charge >= 0.3 is 47.6 Å². The maximum atomic E-state index is 14.8. The molecule has 0 aromatic carbocycles. The monoisotopic (exact) mass is 733 g/mol. The van der Waals surface area contributed by atoms with Crippen LogP contribution in [0.2, 0.25) is 81.6 Å². The summed E-state index contributed by atoms with van der Waals surface area (Å²) >= 11 is 0. The molecule has 0 amide bonds. The molecule has 21 heteroatoms. The normalized spacial score (nSPS) is 15.8. The van der Waals surface area contributed by atoms with Crippen LogP contribution in [0.25, 0.3) is 0 Å². The van der Waals surface area contributed by atoms with Crippen LogP contribution >= 0.6 is 0 Å². The summed E-state index contributed by atoms with van der Waals surface area (Å²) in [5, 5.41) is 0. The van der Waals surface area contributed by atoms with Gasteiger partial charge in [-0.1, -0.05) is 81.6 Å². The largest absolute Gasteiger partial charge is 0.460 e. The van der Waals surface area contributed by atoms with E-state index in [1.165, 1.54) is 0 Å². The van der Waals surface area contributed by atoms with Crippen molar-refractivity contribution in [1.82, 2.24) is 0 Å². The van der Waals surface area contributed by atoms with Crippen LogP contribution in [-0.4, -0.2) is 82.1 Å². The summed E-state index contributed by atoms with van der Waals surface area (Å²) in [4.78, 5) is 0.